The molecule has 2 aromatic carbocycles. The highest BCUT2D eigenvalue weighted by Gasteiger charge is 2.44. The normalized spacial score (nSPS) is 17.2. The third kappa shape index (κ3) is 8.30. The van der Waals surface area contributed by atoms with Gasteiger partial charge in [0, 0.05) is 19.2 Å². The van der Waals surface area contributed by atoms with Gasteiger partial charge >= 0.3 is 24.6 Å². The number of carbonyl (C=O) groups excluding carboxylic acids is 1. The molecule has 0 fully saturated rings. The van der Waals surface area contributed by atoms with Crippen LogP contribution in [0.2, 0.25) is 0 Å². The largest absolute Gasteiger partial charge is 0.446 e. The number of halogens is 9. The van der Waals surface area contributed by atoms with Crippen LogP contribution < -0.4 is 9.80 Å². The van der Waals surface area contributed by atoms with E-state index in [0.29, 0.717) is 12.1 Å². The van der Waals surface area contributed by atoms with Gasteiger partial charge < -0.3 is 14.7 Å². The fourth-order valence-electron chi connectivity index (χ4n) is 5.50. The smallest absolute Gasteiger partial charge is 0.416 e. The van der Waals surface area contributed by atoms with Crippen molar-refractivity contribution in [2.45, 2.75) is 90.3 Å². The number of alkyl halides is 9. The summed E-state index contributed by atoms with van der Waals surface area (Å²) >= 11 is 0. The molecule has 1 amide bonds. The molecule has 4 rings (SSSR count). The van der Waals surface area contributed by atoms with E-state index >= 15 is 0 Å². The van der Waals surface area contributed by atoms with Crippen LogP contribution in [0.4, 0.5) is 55.9 Å². The molecule has 1 N–H and O–H groups in total. The van der Waals surface area contributed by atoms with E-state index in [1.54, 1.807) is 27.7 Å². The molecule has 0 saturated carbocycles. The Hall–Kier alpha value is -4.09. The van der Waals surface area contributed by atoms with E-state index in [4.69, 9.17) is 4.74 Å². The van der Waals surface area contributed by atoms with Gasteiger partial charge in [0.15, 0.2) is 0 Å². The summed E-state index contributed by atoms with van der Waals surface area (Å²) in [5, 5.41) is 21.2. The van der Waals surface area contributed by atoms with Crippen LogP contribution in [0.5, 0.6) is 0 Å². The summed E-state index contributed by atoms with van der Waals surface area (Å²) in [6.07, 6.45) is -16.6. The lowest BCUT2D eigenvalue weighted by molar-refractivity contribution is -0.143. The van der Waals surface area contributed by atoms with E-state index < -0.39 is 71.6 Å². The summed E-state index contributed by atoms with van der Waals surface area (Å²) in [7, 11) is 0. The Kier molecular flexibility index (Phi) is 10.6. The predicted molar refractivity (Wildman–Crippen MR) is 154 cm³/mol. The predicted octanol–water partition coefficient (Wildman–Crippen LogP) is 7.64. The lowest BCUT2D eigenvalue weighted by Gasteiger charge is -2.45. The number of aliphatic hydroxyl groups is 1. The molecular formula is C30H33F9N6O3. The number of anilines is 2. The number of rotatable bonds is 9. The number of tetrazole rings is 1. The average molecular weight is 697 g/mol. The maximum absolute atomic E-state index is 14.0. The molecule has 3 aromatic rings. The van der Waals surface area contributed by atoms with E-state index in [2.05, 4.69) is 15.4 Å². The third-order valence-electron chi connectivity index (χ3n) is 7.66. The first-order chi connectivity index (χ1) is 22.2. The lowest BCUT2D eigenvalue weighted by Crippen LogP contribution is -2.50. The SMILES string of the molecule is CC(C)OC(=O)N1c2ccc(C(F)(F)F)cc2[C@@H](N(Cc2cc(C(F)(F)F)cc(C(F)(F)F)c2)c2nnn(CCCO)n2)C[C@H]1C(C)C. The first kappa shape index (κ1) is 36.7. The van der Waals surface area contributed by atoms with Crippen molar-refractivity contribution in [3.05, 3.63) is 64.2 Å². The Labute approximate surface area is 269 Å². The number of aliphatic hydroxyl groups excluding tert-OH is 1. The number of ether oxygens (including phenoxy) is 1. The molecule has 2 heterocycles. The number of amides is 1. The maximum Gasteiger partial charge on any atom is 0.416 e. The van der Waals surface area contributed by atoms with Gasteiger partial charge in [0.2, 0.25) is 0 Å². The molecule has 1 aromatic heterocycles. The molecule has 1 aliphatic heterocycles. The van der Waals surface area contributed by atoms with Crippen LogP contribution in [0.3, 0.4) is 0 Å². The van der Waals surface area contributed by atoms with E-state index in [0.717, 1.165) is 23.0 Å². The fraction of sp³-hybridized carbons (Fsp3) is 0.533. The molecule has 9 nitrogen and oxygen atoms in total. The molecule has 0 spiro atoms. The van der Waals surface area contributed by atoms with E-state index in [1.165, 1.54) is 9.80 Å². The highest BCUT2D eigenvalue weighted by Crippen LogP contribution is 2.47. The highest BCUT2D eigenvalue weighted by molar-refractivity contribution is 5.90. The zero-order valence-electron chi connectivity index (χ0n) is 26.2. The first-order valence-electron chi connectivity index (χ1n) is 14.8. The summed E-state index contributed by atoms with van der Waals surface area (Å²) < 4.78 is 130. The van der Waals surface area contributed by atoms with Gasteiger partial charge in [0.1, 0.15) is 0 Å². The van der Waals surface area contributed by atoms with Crippen molar-refractivity contribution in [1.29, 1.82) is 0 Å². The van der Waals surface area contributed by atoms with Crippen LogP contribution in [0.1, 0.15) is 74.4 Å². The zero-order chi connectivity index (χ0) is 35.8. The Bertz CT molecular complexity index is 1550. The van der Waals surface area contributed by atoms with Crippen LogP contribution in [-0.2, 0) is 36.4 Å². The molecule has 0 saturated heterocycles. The second-order valence-corrected chi connectivity index (χ2v) is 11.9. The molecule has 0 bridgehead atoms. The number of nitrogens with zero attached hydrogens (tertiary/aromatic N) is 6. The minimum Gasteiger partial charge on any atom is -0.446 e. The van der Waals surface area contributed by atoms with Crippen molar-refractivity contribution in [3.8, 4) is 0 Å². The molecule has 264 valence electrons. The fourth-order valence-corrected chi connectivity index (χ4v) is 5.50. The maximum atomic E-state index is 14.0. The summed E-state index contributed by atoms with van der Waals surface area (Å²) in [5.41, 5.74) is -4.88. The second-order valence-electron chi connectivity index (χ2n) is 11.9. The molecule has 1 aliphatic rings. The number of aryl methyl sites for hydroxylation is 1. The van der Waals surface area contributed by atoms with Gasteiger partial charge in [-0.3, -0.25) is 4.90 Å². The number of hydrogen-bond acceptors (Lipinski definition) is 7. The van der Waals surface area contributed by atoms with Crippen LogP contribution in [0.15, 0.2) is 36.4 Å². The van der Waals surface area contributed by atoms with Crippen LogP contribution >= 0.6 is 0 Å². The minimum atomic E-state index is -5.16. The molecule has 18 heteroatoms. The van der Waals surface area contributed by atoms with Crippen LogP contribution in [0, 0.1) is 5.92 Å². The van der Waals surface area contributed by atoms with Crippen molar-refractivity contribution >= 4 is 17.7 Å². The van der Waals surface area contributed by atoms with Crippen molar-refractivity contribution in [2.24, 2.45) is 5.92 Å². The Balaban J connectivity index is 1.97. The number of carbonyl (C=O) groups is 1. The molecule has 0 aliphatic carbocycles. The van der Waals surface area contributed by atoms with Gasteiger partial charge in [-0.1, -0.05) is 18.9 Å². The van der Waals surface area contributed by atoms with Crippen molar-refractivity contribution in [3.63, 3.8) is 0 Å². The van der Waals surface area contributed by atoms with Gasteiger partial charge in [-0.15, -0.1) is 5.10 Å². The lowest BCUT2D eigenvalue weighted by atomic mass is 9.84. The Morgan fingerprint density at radius 2 is 1.54 bits per heavy atom. The van der Waals surface area contributed by atoms with E-state index in [9.17, 15) is 49.4 Å². The number of fused-ring (bicyclic) bond motifs is 1. The van der Waals surface area contributed by atoms with E-state index in [-0.39, 0.29) is 55.2 Å². The summed E-state index contributed by atoms with van der Waals surface area (Å²) in [5.74, 6) is -0.670. The van der Waals surface area contributed by atoms with Crippen LogP contribution in [0.25, 0.3) is 0 Å². The number of aromatic nitrogens is 4. The molecule has 48 heavy (non-hydrogen) atoms. The Morgan fingerprint density at radius 3 is 2.06 bits per heavy atom. The molecule has 0 unspecified atom stereocenters. The quantitative estimate of drug-likeness (QED) is 0.230. The van der Waals surface area contributed by atoms with Crippen molar-refractivity contribution in [1.82, 2.24) is 20.2 Å². The topological polar surface area (TPSA) is 96.6 Å². The second kappa shape index (κ2) is 13.8. The van der Waals surface area contributed by atoms with Gasteiger partial charge in [0.25, 0.3) is 5.95 Å². The summed E-state index contributed by atoms with van der Waals surface area (Å²) in [6, 6.07) is 1.66. The third-order valence-corrected chi connectivity index (χ3v) is 7.66. The number of benzene rings is 2. The summed E-state index contributed by atoms with van der Waals surface area (Å²) in [4.78, 5) is 16.8. The van der Waals surface area contributed by atoms with Gasteiger partial charge in [-0.25, -0.2) is 4.79 Å². The monoisotopic (exact) mass is 696 g/mol. The standard InChI is InChI=1S/C30H33F9N6O3/c1-16(2)24-14-25(22-13-19(28(31,32)33)6-7-23(22)45(24)27(47)48-17(3)4)43(26-40-42-44(41-26)8-5-9-46)15-18-10-20(29(34,35)36)12-21(11-18)30(37,38)39/h6-7,10-13,16-17,24-25,46H,5,8-9,14-15H2,1-4H3/t24-,25-/m0/s1. The summed E-state index contributed by atoms with van der Waals surface area (Å²) in [6.45, 7) is 5.69. The van der Waals surface area contributed by atoms with Gasteiger partial charge in [0.05, 0.1) is 41.1 Å². The molecular weight excluding hydrogens is 663 g/mol. The van der Waals surface area contributed by atoms with Crippen molar-refractivity contribution in [2.75, 3.05) is 16.4 Å². The van der Waals surface area contributed by atoms with Gasteiger partial charge in [-0.2, -0.15) is 44.3 Å². The minimum absolute atomic E-state index is 0.00120. The molecule has 2 atom stereocenters. The highest BCUT2D eigenvalue weighted by atomic mass is 19.4. The zero-order valence-corrected chi connectivity index (χ0v) is 26.2. The molecule has 0 radical (unpaired) electrons. The van der Waals surface area contributed by atoms with Crippen LogP contribution in [-0.4, -0.2) is 50.2 Å². The first-order valence-corrected chi connectivity index (χ1v) is 14.8. The Morgan fingerprint density at radius 1 is 0.938 bits per heavy atom. The average Bonchev–Trinajstić information content (AvgIpc) is 3.44. The van der Waals surface area contributed by atoms with E-state index in [1.807, 2.05) is 0 Å². The van der Waals surface area contributed by atoms with Crippen molar-refractivity contribution < 1.29 is 54.2 Å². The van der Waals surface area contributed by atoms with Gasteiger partial charge in [-0.05, 0) is 85.3 Å². The number of hydrogen-bond donors (Lipinski definition) is 1.